The van der Waals surface area contributed by atoms with Crippen LogP contribution in [-0.2, 0) is 14.3 Å². The average Bonchev–Trinajstić information content (AvgIpc) is 2.66. The van der Waals surface area contributed by atoms with Gasteiger partial charge in [0.2, 0.25) is 0 Å². The van der Waals surface area contributed by atoms with E-state index in [0.717, 1.165) is 18.5 Å². The van der Waals surface area contributed by atoms with Gasteiger partial charge in [-0.1, -0.05) is 52.8 Å². The minimum atomic E-state index is -0.199. The van der Waals surface area contributed by atoms with E-state index < -0.39 is 0 Å². The van der Waals surface area contributed by atoms with E-state index >= 15 is 0 Å². The number of esters is 1. The topological polar surface area (TPSA) is 72.6 Å². The Morgan fingerprint density at radius 1 is 1.28 bits per heavy atom. The van der Waals surface area contributed by atoms with Gasteiger partial charge in [-0.15, -0.1) is 0 Å². The number of hydrogen-bond acceptors (Lipinski definition) is 5. The van der Waals surface area contributed by atoms with Crippen LogP contribution in [0.1, 0.15) is 58.1 Å². The Bertz CT molecular complexity index is 762. The number of ether oxygens (including phenoxy) is 1. The molecular formula is C24H36N2O3. The average molecular weight is 401 g/mol. The Morgan fingerprint density at radius 3 is 2.55 bits per heavy atom. The summed E-state index contributed by atoms with van der Waals surface area (Å²) in [4.78, 5) is 26.9. The van der Waals surface area contributed by atoms with Gasteiger partial charge in [0.25, 0.3) is 0 Å². The number of nitrogens with two attached hydrogens (primary N) is 1. The highest BCUT2D eigenvalue weighted by atomic mass is 16.5. The monoisotopic (exact) mass is 400 g/mol. The molecule has 2 rings (SSSR count). The largest absolute Gasteiger partial charge is 0.469 e. The van der Waals surface area contributed by atoms with Crippen LogP contribution in [-0.4, -0.2) is 43.4 Å². The molecule has 0 spiro atoms. The molecule has 0 aliphatic carbocycles. The maximum atomic E-state index is 12.7. The molecule has 0 amide bonds. The van der Waals surface area contributed by atoms with Crippen molar-refractivity contribution in [2.45, 2.75) is 47.0 Å². The molecular weight excluding hydrogens is 364 g/mol. The summed E-state index contributed by atoms with van der Waals surface area (Å²) in [5.41, 5.74) is 8.80. The second-order valence-corrected chi connectivity index (χ2v) is 9.56. The van der Waals surface area contributed by atoms with Gasteiger partial charge in [0.1, 0.15) is 0 Å². The zero-order chi connectivity index (χ0) is 21.8. The number of nitrogens with zero attached hydrogens (tertiary/aromatic N) is 1. The zero-order valence-electron chi connectivity index (χ0n) is 18.7. The van der Waals surface area contributed by atoms with E-state index in [1.165, 1.54) is 18.7 Å². The molecule has 2 N–H and O–H groups in total. The lowest BCUT2D eigenvalue weighted by Gasteiger charge is -2.42. The molecule has 2 unspecified atom stereocenters. The standard InChI is InChI=1S/C24H36N2O3/c1-16(2)17-8-7-9-18(10-17)22(25)12-21(27)15-26-13-19(23(28)29-6)11-20(14-26)24(3,4)5/h7-10,12,16,19-20H,11,13-15,25H2,1-6H3/b22-12-. The van der Waals surface area contributed by atoms with E-state index in [0.29, 0.717) is 24.1 Å². The second-order valence-electron chi connectivity index (χ2n) is 9.56. The van der Waals surface area contributed by atoms with Crippen molar-refractivity contribution >= 4 is 17.4 Å². The van der Waals surface area contributed by atoms with Crippen LogP contribution < -0.4 is 5.73 Å². The summed E-state index contributed by atoms with van der Waals surface area (Å²) in [6, 6.07) is 7.99. The van der Waals surface area contributed by atoms with Crippen LogP contribution in [0.25, 0.3) is 5.70 Å². The maximum Gasteiger partial charge on any atom is 0.309 e. The molecule has 2 atom stereocenters. The third-order valence-corrected chi connectivity index (χ3v) is 5.87. The quantitative estimate of drug-likeness (QED) is 0.580. The van der Waals surface area contributed by atoms with Gasteiger partial charge in [-0.3, -0.25) is 14.5 Å². The second kappa shape index (κ2) is 9.57. The predicted molar refractivity (Wildman–Crippen MR) is 117 cm³/mol. The molecule has 0 saturated carbocycles. The van der Waals surface area contributed by atoms with Crippen molar-refractivity contribution in [2.75, 3.05) is 26.7 Å². The summed E-state index contributed by atoms with van der Waals surface area (Å²) in [6.45, 7) is 12.4. The Labute approximate surface area is 175 Å². The van der Waals surface area contributed by atoms with Crippen molar-refractivity contribution in [3.8, 4) is 0 Å². The van der Waals surface area contributed by atoms with E-state index in [1.807, 2.05) is 18.2 Å². The van der Waals surface area contributed by atoms with Crippen molar-refractivity contribution < 1.29 is 14.3 Å². The molecule has 1 aromatic carbocycles. The van der Waals surface area contributed by atoms with Crippen LogP contribution in [0.2, 0.25) is 0 Å². The number of likely N-dealkylation sites (tertiary alicyclic amines) is 1. The molecule has 1 heterocycles. The lowest BCUT2D eigenvalue weighted by atomic mass is 9.73. The molecule has 0 bridgehead atoms. The van der Waals surface area contributed by atoms with E-state index in [1.54, 1.807) is 0 Å². The van der Waals surface area contributed by atoms with Gasteiger partial charge in [0.15, 0.2) is 5.78 Å². The SMILES string of the molecule is COC(=O)C1CC(C(C)(C)C)CN(CC(=O)/C=C(\N)c2cccc(C(C)C)c2)C1. The van der Waals surface area contributed by atoms with Gasteiger partial charge in [-0.2, -0.15) is 0 Å². The molecule has 0 radical (unpaired) electrons. The molecule has 160 valence electrons. The van der Waals surface area contributed by atoms with E-state index in [4.69, 9.17) is 10.5 Å². The summed E-state index contributed by atoms with van der Waals surface area (Å²) in [7, 11) is 1.42. The van der Waals surface area contributed by atoms with Crippen molar-refractivity contribution in [3.63, 3.8) is 0 Å². The van der Waals surface area contributed by atoms with Crippen molar-refractivity contribution in [1.82, 2.24) is 4.90 Å². The maximum absolute atomic E-state index is 12.7. The number of ketones is 1. The fourth-order valence-corrected chi connectivity index (χ4v) is 3.88. The van der Waals surface area contributed by atoms with Gasteiger partial charge in [0.05, 0.1) is 19.6 Å². The Hall–Kier alpha value is -2.14. The van der Waals surface area contributed by atoms with Gasteiger partial charge >= 0.3 is 5.97 Å². The summed E-state index contributed by atoms with van der Waals surface area (Å²) >= 11 is 0. The first kappa shape index (κ1) is 23.1. The highest BCUT2D eigenvalue weighted by molar-refractivity contribution is 5.97. The number of carbonyl (C=O) groups excluding carboxylic acids is 2. The van der Waals surface area contributed by atoms with Crippen LogP contribution in [0.15, 0.2) is 30.3 Å². The molecule has 1 saturated heterocycles. The van der Waals surface area contributed by atoms with Crippen LogP contribution in [0.4, 0.5) is 0 Å². The van der Waals surface area contributed by atoms with Crippen LogP contribution in [0, 0.1) is 17.3 Å². The first-order valence-corrected chi connectivity index (χ1v) is 10.4. The smallest absolute Gasteiger partial charge is 0.309 e. The van der Waals surface area contributed by atoms with Crippen molar-refractivity contribution in [2.24, 2.45) is 23.0 Å². The number of carbonyl (C=O) groups is 2. The highest BCUT2D eigenvalue weighted by Gasteiger charge is 2.37. The van der Waals surface area contributed by atoms with Crippen molar-refractivity contribution in [1.29, 1.82) is 0 Å². The zero-order valence-corrected chi connectivity index (χ0v) is 18.7. The fraction of sp³-hybridized carbons (Fsp3) is 0.583. The third kappa shape index (κ3) is 6.43. The molecule has 1 aliphatic heterocycles. The van der Waals surface area contributed by atoms with E-state index in [-0.39, 0.29) is 29.6 Å². The third-order valence-electron chi connectivity index (χ3n) is 5.87. The highest BCUT2D eigenvalue weighted by Crippen LogP contribution is 2.36. The number of benzene rings is 1. The molecule has 1 aromatic rings. The van der Waals surface area contributed by atoms with E-state index in [2.05, 4.69) is 45.6 Å². The van der Waals surface area contributed by atoms with Gasteiger partial charge in [-0.25, -0.2) is 0 Å². The fourth-order valence-electron chi connectivity index (χ4n) is 3.88. The van der Waals surface area contributed by atoms with Crippen molar-refractivity contribution in [3.05, 3.63) is 41.5 Å². The molecule has 5 nitrogen and oxygen atoms in total. The van der Waals surface area contributed by atoms with Crippen LogP contribution >= 0.6 is 0 Å². The molecule has 1 fully saturated rings. The molecule has 0 aromatic heterocycles. The molecule has 29 heavy (non-hydrogen) atoms. The normalized spacial score (nSPS) is 21.3. The van der Waals surface area contributed by atoms with E-state index in [9.17, 15) is 9.59 Å². The Kier molecular flexibility index (Phi) is 7.64. The first-order chi connectivity index (χ1) is 13.5. The number of piperidine rings is 1. The van der Waals surface area contributed by atoms with Crippen LogP contribution in [0.3, 0.4) is 0 Å². The lowest BCUT2D eigenvalue weighted by molar-refractivity contribution is -0.149. The predicted octanol–water partition coefficient (Wildman–Crippen LogP) is 3.84. The summed E-state index contributed by atoms with van der Waals surface area (Å²) in [5.74, 6) is 0.274. The van der Waals surface area contributed by atoms with Crippen LogP contribution in [0.5, 0.6) is 0 Å². The number of rotatable bonds is 6. The van der Waals surface area contributed by atoms with Gasteiger partial charge in [0, 0.05) is 24.9 Å². The van der Waals surface area contributed by atoms with Gasteiger partial charge < -0.3 is 10.5 Å². The summed E-state index contributed by atoms with van der Waals surface area (Å²) in [6.07, 6.45) is 2.31. The molecule has 1 aliphatic rings. The summed E-state index contributed by atoms with van der Waals surface area (Å²) < 4.78 is 4.97. The number of hydrogen-bond donors (Lipinski definition) is 1. The lowest BCUT2D eigenvalue weighted by Crippen LogP contribution is -2.48. The van der Waals surface area contributed by atoms with Gasteiger partial charge in [-0.05, 0) is 40.9 Å². The minimum Gasteiger partial charge on any atom is -0.469 e. The molecule has 5 heteroatoms. The first-order valence-electron chi connectivity index (χ1n) is 10.4. The Morgan fingerprint density at radius 2 is 1.97 bits per heavy atom. The minimum absolute atomic E-state index is 0.0457. The summed E-state index contributed by atoms with van der Waals surface area (Å²) in [5, 5.41) is 0. The Balaban J connectivity index is 2.12. The number of methoxy groups -OCH3 is 1.